The Morgan fingerprint density at radius 3 is 1.73 bits per heavy atom. The fraction of sp³-hybridized carbons (Fsp3) is 0.286. The van der Waals surface area contributed by atoms with Gasteiger partial charge in [-0.3, -0.25) is 4.57 Å². The van der Waals surface area contributed by atoms with Crippen LogP contribution in [-0.4, -0.2) is 16.3 Å². The Kier molecular flexibility index (Phi) is 12.2. The summed E-state index contributed by atoms with van der Waals surface area (Å²) >= 11 is 1.95. The molecule has 14 rings (SSSR count). The van der Waals surface area contributed by atoms with Gasteiger partial charge in [0, 0.05) is 43.3 Å². The van der Waals surface area contributed by atoms with Gasteiger partial charge in [0.25, 0.3) is 6.71 Å². The summed E-state index contributed by atoms with van der Waals surface area (Å²) in [7, 11) is 0. The quantitative estimate of drug-likeness (QED) is 0.155. The molecule has 0 atom stereocenters. The number of anilines is 6. The summed E-state index contributed by atoms with van der Waals surface area (Å²) in [5.41, 5.74) is 27.3. The van der Waals surface area contributed by atoms with Gasteiger partial charge in [-0.1, -0.05) is 207 Å². The molecule has 3 aliphatic heterocycles. The fourth-order valence-corrected chi connectivity index (χ4v) is 14.8. The topological polar surface area (TPSA) is 37.4 Å². The molecule has 9 aromatic carbocycles. The van der Waals surface area contributed by atoms with E-state index in [1.807, 2.05) is 11.8 Å². The van der Waals surface area contributed by atoms with Crippen LogP contribution in [0.5, 0.6) is 0 Å². The lowest BCUT2D eigenvalue weighted by Gasteiger charge is -2.47. The molecule has 5 nitrogen and oxygen atoms in total. The fourth-order valence-electron chi connectivity index (χ4n) is 13.6. The maximum Gasteiger partial charge on any atom is 0.252 e. The van der Waals surface area contributed by atoms with Gasteiger partial charge in [0.2, 0.25) is 0 Å². The van der Waals surface area contributed by atoms with E-state index in [9.17, 15) is 0 Å². The molecule has 0 fully saturated rings. The highest BCUT2D eigenvalue weighted by Crippen LogP contribution is 2.56. The zero-order chi connectivity index (χ0) is 58.8. The van der Waals surface area contributed by atoms with Gasteiger partial charge in [-0.2, -0.15) is 0 Å². The molecule has 420 valence electrons. The Morgan fingerprint density at radius 1 is 0.464 bits per heavy atom. The smallest absolute Gasteiger partial charge is 0.252 e. The number of rotatable bonds is 6. The average Bonchev–Trinajstić information content (AvgIpc) is 0.862. The van der Waals surface area contributed by atoms with Crippen molar-refractivity contribution in [1.82, 2.24) is 9.55 Å². The van der Waals surface area contributed by atoms with Crippen molar-refractivity contribution in [2.45, 2.75) is 154 Å². The molecule has 0 spiro atoms. The van der Waals surface area contributed by atoms with Crippen molar-refractivity contribution in [3.05, 3.63) is 197 Å². The number of nitrogens with zero attached hydrogens (tertiary/aromatic N) is 4. The first-order valence-corrected chi connectivity index (χ1v) is 31.3. The first kappa shape index (κ1) is 54.2. The van der Waals surface area contributed by atoms with E-state index in [0.29, 0.717) is 11.8 Å². The second kappa shape index (κ2) is 18.9. The van der Waals surface area contributed by atoms with E-state index in [2.05, 4.69) is 289 Å². The van der Waals surface area contributed by atoms with E-state index in [1.54, 1.807) is 0 Å². The van der Waals surface area contributed by atoms with Gasteiger partial charge in [-0.15, -0.1) is 0 Å². The van der Waals surface area contributed by atoms with Gasteiger partial charge in [0.05, 0.1) is 33.7 Å². The molecule has 0 amide bonds. The minimum absolute atomic E-state index is 0.00426. The average molecular weight is 1120 g/mol. The maximum absolute atomic E-state index is 7.31. The van der Waals surface area contributed by atoms with Crippen LogP contribution in [0.4, 0.5) is 34.1 Å². The number of benzene rings is 9. The lowest BCUT2D eigenvalue weighted by molar-refractivity contribution is 0.588. The summed E-state index contributed by atoms with van der Waals surface area (Å²) in [5, 5.41) is 2.15. The van der Waals surface area contributed by atoms with Gasteiger partial charge in [-0.25, -0.2) is 4.98 Å². The molecule has 0 N–H and O–H groups in total. The molecule has 2 aromatic heterocycles. The lowest BCUT2D eigenvalue weighted by atomic mass is 9.33. The summed E-state index contributed by atoms with van der Waals surface area (Å²) in [6, 6.07) is 62.9. The molecule has 0 saturated carbocycles. The summed E-state index contributed by atoms with van der Waals surface area (Å²) in [6.07, 6.45) is 0. The van der Waals surface area contributed by atoms with Gasteiger partial charge in [-0.05, 0) is 173 Å². The Balaban J connectivity index is 1.04. The third-order valence-electron chi connectivity index (χ3n) is 18.3. The van der Waals surface area contributed by atoms with Crippen molar-refractivity contribution in [3.8, 4) is 28.2 Å². The number of aromatic nitrogens is 2. The third-order valence-corrected chi connectivity index (χ3v) is 19.4. The van der Waals surface area contributed by atoms with E-state index < -0.39 is 0 Å². The van der Waals surface area contributed by atoms with Gasteiger partial charge < -0.3 is 14.2 Å². The summed E-state index contributed by atoms with van der Waals surface area (Å²) in [6.45, 7) is 37.2. The summed E-state index contributed by atoms with van der Waals surface area (Å²) < 4.78 is 9.73. The molecule has 7 heteroatoms. The van der Waals surface area contributed by atoms with Crippen LogP contribution in [0.1, 0.15) is 156 Å². The lowest BCUT2D eigenvalue weighted by Crippen LogP contribution is -2.62. The van der Waals surface area contributed by atoms with Crippen LogP contribution in [0, 0.1) is 0 Å². The first-order valence-electron chi connectivity index (χ1n) is 30.4. The highest BCUT2D eigenvalue weighted by Gasteiger charge is 2.47. The van der Waals surface area contributed by atoms with Crippen LogP contribution in [0.3, 0.4) is 0 Å². The Morgan fingerprint density at radius 2 is 1.06 bits per heavy atom. The maximum atomic E-state index is 7.31. The Labute approximate surface area is 502 Å². The zero-order valence-corrected chi connectivity index (χ0v) is 52.7. The SMILES string of the molecule is CC(C)c1cccc(C(C)C)c1-n1c(-c2cccc3c2oc2cc(-c4cc5c6c(c4)N4c7ccc(C(C)(C)C)cc7Sc7cc(C(C)(C)C)cc(c74)B6c4cc(C(C)(C)C)ccc4N5c4ccc(C(C)(C)C)cc4)ccc23)nc2ccccc21. The molecule has 0 saturated heterocycles. The number of para-hydroxylation sites is 4. The highest BCUT2D eigenvalue weighted by atomic mass is 32.2. The van der Waals surface area contributed by atoms with E-state index >= 15 is 0 Å². The van der Waals surface area contributed by atoms with Gasteiger partial charge in [0.15, 0.2) is 0 Å². The normalized spacial score (nSPS) is 14.0. The number of hydrogen-bond donors (Lipinski definition) is 0. The van der Waals surface area contributed by atoms with Crippen LogP contribution in [0.2, 0.25) is 0 Å². The van der Waals surface area contributed by atoms with Crippen molar-refractivity contribution in [2.75, 3.05) is 9.80 Å². The molecule has 5 heterocycles. The molecule has 0 bridgehead atoms. The Hall–Kier alpha value is -7.74. The molecule has 0 radical (unpaired) electrons. The zero-order valence-electron chi connectivity index (χ0n) is 51.9. The number of fused-ring (bicyclic) bond motifs is 10. The first-order chi connectivity index (χ1) is 39.8. The third kappa shape index (κ3) is 8.52. The molecule has 0 aliphatic carbocycles. The predicted octanol–water partition coefficient (Wildman–Crippen LogP) is 20.2. The molecule has 0 unspecified atom stereocenters. The van der Waals surface area contributed by atoms with Crippen molar-refractivity contribution in [1.29, 1.82) is 0 Å². The Bertz CT molecular complexity index is 4500. The second-order valence-corrected chi connectivity index (χ2v) is 30.0. The molecule has 84 heavy (non-hydrogen) atoms. The number of imidazole rings is 1. The van der Waals surface area contributed by atoms with E-state index in [4.69, 9.17) is 9.40 Å². The molecular weight excluding hydrogens is 1040 g/mol. The predicted molar refractivity (Wildman–Crippen MR) is 360 cm³/mol. The summed E-state index contributed by atoms with van der Waals surface area (Å²) in [4.78, 5) is 13.3. The molecular formula is C77H77BN4OS. The van der Waals surface area contributed by atoms with Crippen molar-refractivity contribution in [2.24, 2.45) is 0 Å². The highest BCUT2D eigenvalue weighted by molar-refractivity contribution is 7.99. The largest absolute Gasteiger partial charge is 0.455 e. The monoisotopic (exact) mass is 1120 g/mol. The van der Waals surface area contributed by atoms with Crippen LogP contribution < -0.4 is 26.2 Å². The van der Waals surface area contributed by atoms with E-state index in [0.717, 1.165) is 61.2 Å². The van der Waals surface area contributed by atoms with Crippen molar-refractivity contribution < 1.29 is 4.42 Å². The van der Waals surface area contributed by atoms with E-state index in [1.165, 1.54) is 93.7 Å². The minimum Gasteiger partial charge on any atom is -0.455 e. The summed E-state index contributed by atoms with van der Waals surface area (Å²) in [5.74, 6) is 1.49. The minimum atomic E-state index is -0.0789. The van der Waals surface area contributed by atoms with E-state index in [-0.39, 0.29) is 28.4 Å². The van der Waals surface area contributed by atoms with Crippen LogP contribution >= 0.6 is 11.8 Å². The van der Waals surface area contributed by atoms with Gasteiger partial charge in [0.1, 0.15) is 17.0 Å². The standard InChI is InChI=1S/C77H77BN4OS/c1-44(2)53-21-19-22-54(45(3)4)70(53)82-62-26-18-17-25-60(62)79-73(82)57-24-20-23-56-55-34-27-46(39-66(55)83-72(56)57)47-37-64-69-65(38-47)81-63-36-31-50(76(11,12)13)42-67(63)84-68-43-51(77(14,15)16)41-59(71(68)81)78(69)58-40-49(75(8,9)10)30-35-61(58)80(64)52-32-28-48(29-33-52)74(5,6)7/h17-45H,1-16H3. The van der Waals surface area contributed by atoms with Crippen molar-refractivity contribution in [3.63, 3.8) is 0 Å². The molecule has 3 aliphatic rings. The van der Waals surface area contributed by atoms with Gasteiger partial charge >= 0.3 is 0 Å². The number of hydrogen-bond acceptors (Lipinski definition) is 5. The number of furan rings is 1. The molecule has 11 aromatic rings. The van der Waals surface area contributed by atoms with Crippen LogP contribution in [0.25, 0.3) is 61.2 Å². The van der Waals surface area contributed by atoms with Crippen LogP contribution in [-0.2, 0) is 21.7 Å². The second-order valence-electron chi connectivity index (χ2n) is 28.9. The van der Waals surface area contributed by atoms with Crippen molar-refractivity contribution >= 4 is 102 Å². The van der Waals surface area contributed by atoms with Crippen LogP contribution in [0.15, 0.2) is 178 Å².